The van der Waals surface area contributed by atoms with Crippen LogP contribution in [0, 0.1) is 0 Å². The number of ether oxygens (including phenoxy) is 2. The third-order valence-electron chi connectivity index (χ3n) is 5.02. The first-order valence-electron chi connectivity index (χ1n) is 10.9. The van der Waals surface area contributed by atoms with Crippen molar-refractivity contribution in [1.82, 2.24) is 0 Å². The zero-order valence-electron chi connectivity index (χ0n) is 20.6. The van der Waals surface area contributed by atoms with E-state index in [9.17, 15) is 79.4 Å². The lowest BCUT2D eigenvalue weighted by molar-refractivity contribution is -0.461. The maximum atomic E-state index is 13.9. The standard InChI is InChI=1S/C22H17F17O3/c1-11(2)41-13-6-3-12(4-7-13)5-8-14(40)42-22(38,39)21(36,37)20(34,35)19(32,33)18(30,31)17(28,29)15(23,24)9-10-16(25,26)27/h3-8,11H,9-10H2,1-2H3. The lowest BCUT2D eigenvalue weighted by atomic mass is 9.89. The SMILES string of the molecule is CC(C)Oc1ccc(C=CC(=O)OC(F)(F)C(F)(F)C(F)(F)C(F)(F)C(F)(F)C(F)(F)C(F)(F)CCC(F)(F)F)cc1. The van der Waals surface area contributed by atoms with Crippen molar-refractivity contribution in [3.05, 3.63) is 35.9 Å². The summed E-state index contributed by atoms with van der Waals surface area (Å²) < 4.78 is 236. The number of carbonyl (C=O) groups excluding carboxylic acids is 1. The summed E-state index contributed by atoms with van der Waals surface area (Å²) in [5.41, 5.74) is -0.0941. The molecule has 0 aliphatic rings. The van der Waals surface area contributed by atoms with Crippen molar-refractivity contribution in [3.63, 3.8) is 0 Å². The first-order chi connectivity index (χ1) is 18.5. The quantitative estimate of drug-likeness (QED) is 0.122. The molecule has 0 aliphatic heterocycles. The number of rotatable bonds is 13. The molecule has 0 spiro atoms. The Kier molecular flexibility index (Phi) is 10.2. The molecule has 0 N–H and O–H groups in total. The second-order valence-electron chi connectivity index (χ2n) is 8.70. The molecular formula is C22H17F17O3. The molecule has 1 rings (SSSR count). The van der Waals surface area contributed by atoms with Crippen LogP contribution in [0.4, 0.5) is 74.6 Å². The summed E-state index contributed by atoms with van der Waals surface area (Å²) in [5, 5.41) is 0. The van der Waals surface area contributed by atoms with Crippen molar-refractivity contribution >= 4 is 12.0 Å². The van der Waals surface area contributed by atoms with Crippen LogP contribution in [0.5, 0.6) is 5.75 Å². The Labute approximate surface area is 224 Å². The van der Waals surface area contributed by atoms with Crippen molar-refractivity contribution in [1.29, 1.82) is 0 Å². The lowest BCUT2D eigenvalue weighted by Gasteiger charge is -2.42. The second kappa shape index (κ2) is 11.6. The number of esters is 1. The van der Waals surface area contributed by atoms with Gasteiger partial charge in [-0.05, 0) is 37.6 Å². The summed E-state index contributed by atoms with van der Waals surface area (Å²) in [4.78, 5) is 11.5. The Hall–Kier alpha value is -2.96. The normalized spacial score (nSPS) is 15.0. The summed E-state index contributed by atoms with van der Waals surface area (Å²) >= 11 is 0. The van der Waals surface area contributed by atoms with Crippen molar-refractivity contribution in [2.75, 3.05) is 0 Å². The molecule has 3 nitrogen and oxygen atoms in total. The van der Waals surface area contributed by atoms with Gasteiger partial charge in [0.15, 0.2) is 0 Å². The fraction of sp³-hybridized carbons (Fsp3) is 0.591. The number of carbonyl (C=O) groups is 1. The number of alkyl halides is 17. The molecule has 1 aromatic carbocycles. The van der Waals surface area contributed by atoms with E-state index in [1.165, 1.54) is 12.1 Å². The molecule has 0 bridgehead atoms. The summed E-state index contributed by atoms with van der Waals surface area (Å²) in [6.45, 7) is 3.25. The molecular weight excluding hydrogens is 635 g/mol. The zero-order chi connectivity index (χ0) is 33.4. The fourth-order valence-electron chi connectivity index (χ4n) is 2.78. The van der Waals surface area contributed by atoms with Crippen LogP contribution in [0.25, 0.3) is 6.08 Å². The van der Waals surface area contributed by atoms with Crippen LogP contribution >= 0.6 is 0 Å². The number of halogens is 17. The maximum Gasteiger partial charge on any atom is 0.473 e. The van der Waals surface area contributed by atoms with Gasteiger partial charge in [-0.3, -0.25) is 0 Å². The van der Waals surface area contributed by atoms with Crippen molar-refractivity contribution in [3.8, 4) is 5.75 Å². The molecule has 242 valence electrons. The van der Waals surface area contributed by atoms with Gasteiger partial charge in [0, 0.05) is 18.9 Å². The first kappa shape index (κ1) is 37.1. The van der Waals surface area contributed by atoms with E-state index in [2.05, 4.69) is 4.74 Å². The zero-order valence-corrected chi connectivity index (χ0v) is 20.6. The van der Waals surface area contributed by atoms with Crippen LogP contribution < -0.4 is 4.74 Å². The molecule has 0 saturated heterocycles. The van der Waals surface area contributed by atoms with Gasteiger partial charge in [0.25, 0.3) is 0 Å². The summed E-state index contributed by atoms with van der Waals surface area (Å²) in [5.74, 6) is -50.7. The van der Waals surface area contributed by atoms with E-state index >= 15 is 0 Å². The molecule has 20 heteroatoms. The van der Waals surface area contributed by atoms with Gasteiger partial charge >= 0.3 is 53.8 Å². The molecule has 0 saturated carbocycles. The minimum Gasteiger partial charge on any atom is -0.491 e. The average Bonchev–Trinajstić information content (AvgIpc) is 2.80. The van der Waals surface area contributed by atoms with Gasteiger partial charge in [-0.1, -0.05) is 12.1 Å². The minimum absolute atomic E-state index is 0.0941. The van der Waals surface area contributed by atoms with Crippen molar-refractivity contribution in [2.24, 2.45) is 0 Å². The van der Waals surface area contributed by atoms with Gasteiger partial charge in [-0.2, -0.15) is 74.6 Å². The molecule has 0 amide bonds. The molecule has 0 radical (unpaired) electrons. The molecule has 0 aliphatic carbocycles. The summed E-state index contributed by atoms with van der Waals surface area (Å²) in [6, 6.07) is 4.71. The second-order valence-corrected chi connectivity index (χ2v) is 8.70. The Morgan fingerprint density at radius 3 is 1.52 bits per heavy atom. The largest absolute Gasteiger partial charge is 0.491 e. The van der Waals surface area contributed by atoms with Gasteiger partial charge in [0.2, 0.25) is 0 Å². The average molecular weight is 652 g/mol. The van der Waals surface area contributed by atoms with Gasteiger partial charge < -0.3 is 9.47 Å². The van der Waals surface area contributed by atoms with Crippen molar-refractivity contribution in [2.45, 2.75) is 80.6 Å². The van der Waals surface area contributed by atoms with Crippen molar-refractivity contribution < 1.29 is 88.9 Å². The minimum atomic E-state index is -8.53. The maximum absolute atomic E-state index is 13.9. The van der Waals surface area contributed by atoms with Crippen LogP contribution in [-0.4, -0.2) is 59.9 Å². The number of hydrogen-bond acceptors (Lipinski definition) is 3. The van der Waals surface area contributed by atoms with Crippen LogP contribution in [-0.2, 0) is 9.53 Å². The molecule has 42 heavy (non-hydrogen) atoms. The van der Waals surface area contributed by atoms with E-state index < -0.39 is 66.6 Å². The molecule has 0 aromatic heterocycles. The van der Waals surface area contributed by atoms with Gasteiger partial charge in [-0.15, -0.1) is 0 Å². The highest BCUT2D eigenvalue weighted by Gasteiger charge is 2.93. The Balaban J connectivity index is 3.29. The molecule has 0 fully saturated rings. The van der Waals surface area contributed by atoms with E-state index in [-0.39, 0.29) is 23.5 Å². The Morgan fingerprint density at radius 2 is 1.10 bits per heavy atom. The Morgan fingerprint density at radius 1 is 0.667 bits per heavy atom. The van der Waals surface area contributed by atoms with Gasteiger partial charge in [0.1, 0.15) is 5.75 Å². The van der Waals surface area contributed by atoms with Crippen LogP contribution in [0.3, 0.4) is 0 Å². The molecule has 0 atom stereocenters. The number of hydrogen-bond donors (Lipinski definition) is 0. The lowest BCUT2D eigenvalue weighted by Crippen LogP contribution is -2.73. The first-order valence-corrected chi connectivity index (χ1v) is 10.9. The predicted octanol–water partition coefficient (Wildman–Crippen LogP) is 8.78. The summed E-state index contributed by atoms with van der Waals surface area (Å²) in [6.07, 6.45) is -19.5. The van der Waals surface area contributed by atoms with E-state index in [0.717, 1.165) is 12.1 Å². The van der Waals surface area contributed by atoms with Gasteiger partial charge in [-0.25, -0.2) is 4.79 Å². The van der Waals surface area contributed by atoms with E-state index in [0.29, 0.717) is 6.08 Å². The predicted molar refractivity (Wildman–Crippen MR) is 107 cm³/mol. The topological polar surface area (TPSA) is 35.5 Å². The molecule has 1 aromatic rings. The Bertz CT molecular complexity index is 1110. The van der Waals surface area contributed by atoms with E-state index in [1.54, 1.807) is 13.8 Å². The molecule has 0 heterocycles. The summed E-state index contributed by atoms with van der Waals surface area (Å²) in [7, 11) is 0. The highest BCUT2D eigenvalue weighted by molar-refractivity contribution is 5.87. The smallest absolute Gasteiger partial charge is 0.473 e. The van der Waals surface area contributed by atoms with E-state index in [4.69, 9.17) is 4.74 Å². The van der Waals surface area contributed by atoms with Crippen LogP contribution in [0.2, 0.25) is 0 Å². The van der Waals surface area contributed by atoms with Crippen LogP contribution in [0.15, 0.2) is 30.3 Å². The van der Waals surface area contributed by atoms with E-state index in [1.807, 2.05) is 0 Å². The van der Waals surface area contributed by atoms with Crippen LogP contribution in [0.1, 0.15) is 32.3 Å². The highest BCUT2D eigenvalue weighted by Crippen LogP contribution is 2.62. The highest BCUT2D eigenvalue weighted by atomic mass is 19.4. The number of benzene rings is 1. The third-order valence-corrected chi connectivity index (χ3v) is 5.02. The fourth-order valence-corrected chi connectivity index (χ4v) is 2.78. The van der Waals surface area contributed by atoms with Gasteiger partial charge in [0.05, 0.1) is 6.10 Å². The monoisotopic (exact) mass is 652 g/mol. The molecule has 0 unspecified atom stereocenters. The third kappa shape index (κ3) is 7.15.